The number of nitriles is 1. The van der Waals surface area contributed by atoms with Crippen LogP contribution in [0.15, 0.2) is 255 Å². The number of hydrogen-bond donors (Lipinski definition) is 0. The molecule has 0 aliphatic heterocycles. The van der Waals surface area contributed by atoms with Gasteiger partial charge in [-0.25, -0.2) is 15.0 Å². The van der Waals surface area contributed by atoms with Gasteiger partial charge in [-0.05, 0) is 130 Å². The van der Waals surface area contributed by atoms with Gasteiger partial charge in [0.05, 0.1) is 11.6 Å². The highest BCUT2D eigenvalue weighted by molar-refractivity contribution is 6.25. The molecule has 13 aromatic rings. The van der Waals surface area contributed by atoms with Crippen molar-refractivity contribution >= 4 is 43.1 Å². The van der Waals surface area contributed by atoms with Crippen LogP contribution in [0, 0.1) is 11.3 Å². The summed E-state index contributed by atoms with van der Waals surface area (Å²) in [6.07, 6.45) is 0. The fourth-order valence-corrected chi connectivity index (χ4v) is 10.5. The van der Waals surface area contributed by atoms with Gasteiger partial charge in [0, 0.05) is 22.3 Å². The number of rotatable bonds is 8. The maximum Gasteiger partial charge on any atom is 0.164 e. The third-order valence-corrected chi connectivity index (χ3v) is 13.9. The second kappa shape index (κ2) is 17.9. The first kappa shape index (κ1) is 42.3. The van der Waals surface area contributed by atoms with Crippen LogP contribution in [0.5, 0.6) is 0 Å². The fourth-order valence-electron chi connectivity index (χ4n) is 10.5. The second-order valence-electron chi connectivity index (χ2n) is 18.2. The Labute approximate surface area is 417 Å². The van der Waals surface area contributed by atoms with Gasteiger partial charge in [-0.1, -0.05) is 218 Å². The number of fused-ring (bicyclic) bond motifs is 7. The summed E-state index contributed by atoms with van der Waals surface area (Å²) in [5.41, 5.74) is 13.6. The van der Waals surface area contributed by atoms with Crippen molar-refractivity contribution in [2.24, 2.45) is 0 Å². The third-order valence-electron chi connectivity index (χ3n) is 13.9. The minimum Gasteiger partial charge on any atom is -0.208 e. The summed E-state index contributed by atoms with van der Waals surface area (Å²) >= 11 is 0. The van der Waals surface area contributed by atoms with Gasteiger partial charge < -0.3 is 0 Å². The van der Waals surface area contributed by atoms with Crippen LogP contribution in [0.3, 0.4) is 0 Å². The Balaban J connectivity index is 0.899. The van der Waals surface area contributed by atoms with Crippen molar-refractivity contribution in [1.82, 2.24) is 15.0 Å². The van der Waals surface area contributed by atoms with Gasteiger partial charge in [-0.2, -0.15) is 5.26 Å². The van der Waals surface area contributed by atoms with Crippen molar-refractivity contribution in [2.45, 2.75) is 0 Å². The summed E-state index contributed by atoms with van der Waals surface area (Å²) in [4.78, 5) is 15.4. The van der Waals surface area contributed by atoms with Crippen LogP contribution < -0.4 is 0 Å². The van der Waals surface area contributed by atoms with Gasteiger partial charge in [0.25, 0.3) is 0 Å². The van der Waals surface area contributed by atoms with E-state index in [4.69, 9.17) is 15.0 Å². The Morgan fingerprint density at radius 1 is 0.250 bits per heavy atom. The zero-order valence-corrected chi connectivity index (χ0v) is 39.0. The Morgan fingerprint density at radius 2 is 0.667 bits per heavy atom. The molecule has 0 aliphatic rings. The van der Waals surface area contributed by atoms with E-state index >= 15 is 0 Å². The summed E-state index contributed by atoms with van der Waals surface area (Å²) in [5, 5.41) is 20.6. The molecule has 334 valence electrons. The molecule has 12 aromatic carbocycles. The molecule has 0 saturated carbocycles. The predicted octanol–water partition coefficient (Wildman–Crippen LogP) is 17.7. The average molecular weight is 915 g/mol. The van der Waals surface area contributed by atoms with Gasteiger partial charge in [0.2, 0.25) is 0 Å². The van der Waals surface area contributed by atoms with E-state index < -0.39 is 0 Å². The minimum atomic E-state index is 0.559. The molecule has 4 heteroatoms. The Kier molecular flexibility index (Phi) is 10.5. The van der Waals surface area contributed by atoms with Crippen LogP contribution >= 0.6 is 0 Å². The van der Waals surface area contributed by atoms with Gasteiger partial charge in [-0.3, -0.25) is 0 Å². The molecule has 1 aromatic heterocycles. The summed E-state index contributed by atoms with van der Waals surface area (Å²) in [6, 6.07) is 91.8. The molecule has 72 heavy (non-hydrogen) atoms. The van der Waals surface area contributed by atoms with Crippen molar-refractivity contribution < 1.29 is 0 Å². The van der Waals surface area contributed by atoms with Gasteiger partial charge in [0.15, 0.2) is 17.5 Å². The normalized spacial score (nSPS) is 11.3. The lowest BCUT2D eigenvalue weighted by Crippen LogP contribution is -2.00. The van der Waals surface area contributed by atoms with E-state index in [1.165, 1.54) is 43.1 Å². The number of hydrogen-bond acceptors (Lipinski definition) is 4. The maximum absolute atomic E-state index is 10.7. The highest BCUT2D eigenvalue weighted by Gasteiger charge is 2.19. The van der Waals surface area contributed by atoms with Crippen molar-refractivity contribution in [1.29, 1.82) is 5.26 Å². The summed E-state index contributed by atoms with van der Waals surface area (Å²) in [7, 11) is 0. The van der Waals surface area contributed by atoms with E-state index in [-0.39, 0.29) is 0 Å². The smallest absolute Gasteiger partial charge is 0.164 e. The molecular weight excluding hydrogens is 873 g/mol. The quantitative estimate of drug-likeness (QED) is 0.143. The van der Waals surface area contributed by atoms with E-state index in [9.17, 15) is 5.26 Å². The first-order valence-electron chi connectivity index (χ1n) is 24.2. The lowest BCUT2D eigenvalue weighted by molar-refractivity contribution is 1.07. The molecule has 13 rings (SSSR count). The first-order chi connectivity index (χ1) is 35.6. The van der Waals surface area contributed by atoms with Crippen LogP contribution in [-0.4, -0.2) is 15.0 Å². The highest BCUT2D eigenvalue weighted by Crippen LogP contribution is 2.42. The molecule has 0 unspecified atom stereocenters. The van der Waals surface area contributed by atoms with Crippen molar-refractivity contribution in [3.8, 4) is 95.9 Å². The lowest BCUT2D eigenvalue weighted by Gasteiger charge is -2.16. The number of aromatic nitrogens is 3. The Bertz CT molecular complexity index is 4270. The molecule has 0 N–H and O–H groups in total. The summed E-state index contributed by atoms with van der Waals surface area (Å²) < 4.78 is 0. The molecule has 0 atom stereocenters. The lowest BCUT2D eigenvalue weighted by atomic mass is 9.87. The van der Waals surface area contributed by atoms with Crippen molar-refractivity contribution in [3.63, 3.8) is 0 Å². The molecular formula is C68H42N4. The van der Waals surface area contributed by atoms with Gasteiger partial charge in [-0.15, -0.1) is 0 Å². The molecule has 0 radical (unpaired) electrons. The third kappa shape index (κ3) is 7.63. The van der Waals surface area contributed by atoms with E-state index in [1.54, 1.807) is 0 Å². The molecule has 0 aliphatic carbocycles. The Morgan fingerprint density at radius 3 is 1.33 bits per heavy atom. The van der Waals surface area contributed by atoms with Crippen LogP contribution in [0.1, 0.15) is 5.56 Å². The van der Waals surface area contributed by atoms with E-state index in [0.717, 1.165) is 72.3 Å². The fraction of sp³-hybridized carbons (Fsp3) is 0. The zero-order valence-electron chi connectivity index (χ0n) is 39.0. The van der Waals surface area contributed by atoms with Gasteiger partial charge >= 0.3 is 0 Å². The largest absolute Gasteiger partial charge is 0.208 e. The zero-order chi connectivity index (χ0) is 48.0. The molecule has 0 amide bonds. The standard InChI is InChI=1S/C68H42N4/c69-43-55-26-15-33-58(65(55)52-23-13-21-49(40-52)56-27-6-7-28-57(56)51-36-37-63-61-31-9-8-29-59(61)60-30-10-11-32-62(60)64(63)42-51)50-22-14-25-54(41-50)68-71-66(45-17-2-1-3-18-45)70-67(72-68)53-24-12-20-47(39-53)48-35-34-44-16-4-5-19-46(44)38-48/h1-42H. The molecule has 0 fully saturated rings. The summed E-state index contributed by atoms with van der Waals surface area (Å²) in [6.45, 7) is 0. The Hall–Kier alpha value is -9.82. The highest BCUT2D eigenvalue weighted by atomic mass is 15.0. The van der Waals surface area contributed by atoms with Crippen LogP contribution in [0.4, 0.5) is 0 Å². The summed E-state index contributed by atoms with van der Waals surface area (Å²) in [5.74, 6) is 1.73. The predicted molar refractivity (Wildman–Crippen MR) is 298 cm³/mol. The molecule has 0 saturated heterocycles. The van der Waals surface area contributed by atoms with E-state index in [0.29, 0.717) is 23.0 Å². The van der Waals surface area contributed by atoms with Crippen molar-refractivity contribution in [2.75, 3.05) is 0 Å². The first-order valence-corrected chi connectivity index (χ1v) is 24.2. The monoisotopic (exact) mass is 914 g/mol. The SMILES string of the molecule is N#Cc1cccc(-c2cccc(-c3nc(-c4ccccc4)nc(-c4cccc(-c5ccc6ccccc6c5)c4)n3)c2)c1-c1cccc(-c2ccccc2-c2ccc3c4ccccc4c4ccccc4c3c2)c1. The molecule has 0 spiro atoms. The van der Waals surface area contributed by atoms with E-state index in [2.05, 4.69) is 206 Å². The second-order valence-corrected chi connectivity index (χ2v) is 18.2. The molecule has 1 heterocycles. The maximum atomic E-state index is 10.7. The number of benzene rings is 12. The van der Waals surface area contributed by atoms with Crippen LogP contribution in [0.25, 0.3) is 133 Å². The number of nitrogens with zero attached hydrogens (tertiary/aromatic N) is 4. The van der Waals surface area contributed by atoms with Crippen LogP contribution in [-0.2, 0) is 0 Å². The van der Waals surface area contributed by atoms with E-state index in [1.807, 2.05) is 54.6 Å². The van der Waals surface area contributed by atoms with Crippen molar-refractivity contribution in [3.05, 3.63) is 260 Å². The molecule has 0 bridgehead atoms. The average Bonchev–Trinajstić information content (AvgIpc) is 3.47. The molecule has 4 nitrogen and oxygen atoms in total. The minimum absolute atomic E-state index is 0.559. The van der Waals surface area contributed by atoms with Crippen LogP contribution in [0.2, 0.25) is 0 Å². The topological polar surface area (TPSA) is 62.5 Å². The van der Waals surface area contributed by atoms with Gasteiger partial charge in [0.1, 0.15) is 0 Å².